The number of rotatable bonds is 6. The molecule has 0 aliphatic rings. The van der Waals surface area contributed by atoms with Gasteiger partial charge in [0.15, 0.2) is 0 Å². The number of aromatic nitrogens is 2. The Labute approximate surface area is 111 Å². The van der Waals surface area contributed by atoms with Crippen molar-refractivity contribution in [2.75, 3.05) is 12.4 Å². The third kappa shape index (κ3) is 3.47. The van der Waals surface area contributed by atoms with Crippen LogP contribution in [0, 0.1) is 0 Å². The molecule has 1 aromatic heterocycles. The largest absolute Gasteiger partial charge is 0.356 e. The van der Waals surface area contributed by atoms with Crippen molar-refractivity contribution in [2.45, 2.75) is 19.3 Å². The maximum Gasteiger partial charge on any atom is 0.220 e. The molecule has 0 aliphatic heterocycles. The van der Waals surface area contributed by atoms with Crippen molar-refractivity contribution in [1.29, 1.82) is 0 Å². The first-order valence-corrected chi connectivity index (χ1v) is 6.59. The summed E-state index contributed by atoms with van der Waals surface area (Å²) in [6, 6.07) is 7.89. The quantitative estimate of drug-likeness (QED) is 0.787. The molecule has 1 aromatic carbocycles. The molecule has 0 spiro atoms. The Morgan fingerprint density at radius 3 is 3.00 bits per heavy atom. The molecular weight excluding hydrogens is 250 g/mol. The number of hydrogen-bond donors (Lipinski definition) is 2. The van der Waals surface area contributed by atoms with Crippen LogP contribution in [0.3, 0.4) is 0 Å². The first-order valence-electron chi connectivity index (χ1n) is 6.06. The van der Waals surface area contributed by atoms with Gasteiger partial charge < -0.3 is 10.3 Å². The Balaban J connectivity index is 1.81. The number of halogens is 1. The number of para-hydroxylation sites is 2. The van der Waals surface area contributed by atoms with Crippen LogP contribution in [0.25, 0.3) is 11.0 Å². The lowest BCUT2D eigenvalue weighted by molar-refractivity contribution is -0.121. The molecule has 2 N–H and O–H groups in total. The fourth-order valence-electron chi connectivity index (χ4n) is 1.76. The highest BCUT2D eigenvalue weighted by molar-refractivity contribution is 6.17. The monoisotopic (exact) mass is 265 g/mol. The van der Waals surface area contributed by atoms with Gasteiger partial charge in [-0.2, -0.15) is 0 Å². The molecule has 1 heterocycles. The molecule has 0 atom stereocenters. The molecule has 18 heavy (non-hydrogen) atoms. The van der Waals surface area contributed by atoms with Crippen LogP contribution in [-0.2, 0) is 11.2 Å². The lowest BCUT2D eigenvalue weighted by Crippen LogP contribution is -2.25. The molecule has 96 valence electrons. The number of fused-ring (bicyclic) bond motifs is 1. The van der Waals surface area contributed by atoms with E-state index < -0.39 is 0 Å². The lowest BCUT2D eigenvalue weighted by Gasteiger charge is -2.02. The molecule has 5 heteroatoms. The molecule has 0 aliphatic carbocycles. The standard InChI is InChI=1S/C13H16ClN3O/c14-8-3-6-13(18)15-9-7-12-16-10-4-1-2-5-11(10)17-12/h1-2,4-5H,3,6-9H2,(H,15,18)(H,16,17). The summed E-state index contributed by atoms with van der Waals surface area (Å²) in [5.74, 6) is 1.47. The van der Waals surface area contributed by atoms with Crippen LogP contribution < -0.4 is 5.32 Å². The number of hydrogen-bond acceptors (Lipinski definition) is 2. The molecule has 0 fully saturated rings. The second-order valence-electron chi connectivity index (χ2n) is 4.09. The van der Waals surface area contributed by atoms with E-state index in [0.717, 1.165) is 23.3 Å². The van der Waals surface area contributed by atoms with E-state index in [1.165, 1.54) is 0 Å². The number of H-pyrrole nitrogens is 1. The maximum absolute atomic E-state index is 11.4. The van der Waals surface area contributed by atoms with Gasteiger partial charge in [-0.15, -0.1) is 11.6 Å². The van der Waals surface area contributed by atoms with Gasteiger partial charge in [-0.3, -0.25) is 4.79 Å². The van der Waals surface area contributed by atoms with Gasteiger partial charge in [-0.05, 0) is 18.6 Å². The highest BCUT2D eigenvalue weighted by atomic mass is 35.5. The first kappa shape index (κ1) is 12.9. The fraction of sp³-hybridized carbons (Fsp3) is 0.385. The Morgan fingerprint density at radius 2 is 2.22 bits per heavy atom. The summed E-state index contributed by atoms with van der Waals surface area (Å²) in [5.41, 5.74) is 1.99. The number of alkyl halides is 1. The topological polar surface area (TPSA) is 57.8 Å². The number of carbonyl (C=O) groups excluding carboxylic acids is 1. The van der Waals surface area contributed by atoms with Crippen molar-refractivity contribution in [1.82, 2.24) is 15.3 Å². The molecule has 1 amide bonds. The molecule has 0 unspecified atom stereocenters. The van der Waals surface area contributed by atoms with Crippen molar-refractivity contribution in [3.63, 3.8) is 0 Å². The van der Waals surface area contributed by atoms with E-state index in [1.54, 1.807) is 0 Å². The minimum atomic E-state index is 0.0479. The second kappa shape index (κ2) is 6.40. The van der Waals surface area contributed by atoms with E-state index in [9.17, 15) is 4.79 Å². The zero-order chi connectivity index (χ0) is 12.8. The maximum atomic E-state index is 11.4. The third-order valence-electron chi connectivity index (χ3n) is 2.66. The molecule has 0 bridgehead atoms. The van der Waals surface area contributed by atoms with Gasteiger partial charge in [0, 0.05) is 25.3 Å². The summed E-state index contributed by atoms with van der Waals surface area (Å²) in [6.07, 6.45) is 1.92. The van der Waals surface area contributed by atoms with Gasteiger partial charge in [0.2, 0.25) is 5.91 Å². The van der Waals surface area contributed by atoms with E-state index in [1.807, 2.05) is 24.3 Å². The first-order chi connectivity index (χ1) is 8.79. The number of benzene rings is 1. The van der Waals surface area contributed by atoms with Crippen molar-refractivity contribution < 1.29 is 4.79 Å². The summed E-state index contributed by atoms with van der Waals surface area (Å²) in [7, 11) is 0. The van der Waals surface area contributed by atoms with Crippen molar-refractivity contribution >= 4 is 28.5 Å². The predicted octanol–water partition coefficient (Wildman–Crippen LogP) is 2.24. The summed E-state index contributed by atoms with van der Waals surface area (Å²) in [4.78, 5) is 19.0. The Hall–Kier alpha value is -1.55. The Bertz CT molecular complexity index is 491. The molecular formula is C13H16ClN3O. The minimum Gasteiger partial charge on any atom is -0.356 e. The molecule has 2 aromatic rings. The average Bonchev–Trinajstić information content (AvgIpc) is 2.79. The number of nitrogens with zero attached hydrogens (tertiary/aromatic N) is 1. The molecule has 0 saturated carbocycles. The predicted molar refractivity (Wildman–Crippen MR) is 72.8 cm³/mol. The summed E-state index contributed by atoms with van der Waals surface area (Å²) >= 11 is 5.53. The third-order valence-corrected chi connectivity index (χ3v) is 2.93. The van der Waals surface area contributed by atoms with Crippen LogP contribution in [-0.4, -0.2) is 28.3 Å². The van der Waals surface area contributed by atoms with E-state index in [4.69, 9.17) is 11.6 Å². The number of nitrogens with one attached hydrogen (secondary N) is 2. The van der Waals surface area contributed by atoms with Crippen LogP contribution in [0.15, 0.2) is 24.3 Å². The van der Waals surface area contributed by atoms with Gasteiger partial charge in [0.25, 0.3) is 0 Å². The van der Waals surface area contributed by atoms with Crippen LogP contribution in [0.1, 0.15) is 18.7 Å². The van der Waals surface area contributed by atoms with Crippen molar-refractivity contribution in [3.8, 4) is 0 Å². The zero-order valence-corrected chi connectivity index (χ0v) is 10.8. The molecule has 2 rings (SSSR count). The SMILES string of the molecule is O=C(CCCCl)NCCc1nc2ccccc2[nH]1. The van der Waals surface area contributed by atoms with Gasteiger partial charge >= 0.3 is 0 Å². The van der Waals surface area contributed by atoms with E-state index >= 15 is 0 Å². The minimum absolute atomic E-state index is 0.0479. The summed E-state index contributed by atoms with van der Waals surface area (Å²) < 4.78 is 0. The van der Waals surface area contributed by atoms with Crippen LogP contribution >= 0.6 is 11.6 Å². The molecule has 0 saturated heterocycles. The molecule has 4 nitrogen and oxygen atoms in total. The average molecular weight is 266 g/mol. The highest BCUT2D eigenvalue weighted by Crippen LogP contribution is 2.10. The van der Waals surface area contributed by atoms with Gasteiger partial charge in [-0.25, -0.2) is 4.98 Å². The smallest absolute Gasteiger partial charge is 0.220 e. The van der Waals surface area contributed by atoms with Crippen molar-refractivity contribution in [3.05, 3.63) is 30.1 Å². The van der Waals surface area contributed by atoms with Crippen LogP contribution in [0.5, 0.6) is 0 Å². The number of carbonyl (C=O) groups is 1. The van der Waals surface area contributed by atoms with Crippen LogP contribution in [0.2, 0.25) is 0 Å². The number of imidazole rings is 1. The van der Waals surface area contributed by atoms with Gasteiger partial charge in [-0.1, -0.05) is 12.1 Å². The van der Waals surface area contributed by atoms with Gasteiger partial charge in [0.1, 0.15) is 5.82 Å². The highest BCUT2D eigenvalue weighted by Gasteiger charge is 2.03. The van der Waals surface area contributed by atoms with Crippen molar-refractivity contribution in [2.24, 2.45) is 0 Å². The normalized spacial score (nSPS) is 10.7. The fourth-order valence-corrected chi connectivity index (χ4v) is 1.89. The Morgan fingerprint density at radius 1 is 1.39 bits per heavy atom. The van der Waals surface area contributed by atoms with E-state index in [0.29, 0.717) is 25.3 Å². The number of amides is 1. The van der Waals surface area contributed by atoms with Gasteiger partial charge in [0.05, 0.1) is 11.0 Å². The Kier molecular flexibility index (Phi) is 4.59. The second-order valence-corrected chi connectivity index (χ2v) is 4.47. The number of aromatic amines is 1. The zero-order valence-electron chi connectivity index (χ0n) is 10.1. The van der Waals surface area contributed by atoms with E-state index in [2.05, 4.69) is 15.3 Å². The lowest BCUT2D eigenvalue weighted by atomic mass is 10.3. The summed E-state index contributed by atoms with van der Waals surface area (Å²) in [5, 5.41) is 2.85. The van der Waals surface area contributed by atoms with E-state index in [-0.39, 0.29) is 5.91 Å². The molecule has 0 radical (unpaired) electrons. The summed E-state index contributed by atoms with van der Waals surface area (Å²) in [6.45, 7) is 0.598. The van der Waals surface area contributed by atoms with Crippen LogP contribution in [0.4, 0.5) is 0 Å².